The Balaban J connectivity index is 2.18. The summed E-state index contributed by atoms with van der Waals surface area (Å²) < 4.78 is 3.08. The molecule has 0 spiro atoms. The summed E-state index contributed by atoms with van der Waals surface area (Å²) in [6.45, 7) is 0.748. The van der Waals surface area contributed by atoms with Crippen molar-refractivity contribution in [3.8, 4) is 0 Å². The molecule has 0 bridgehead atoms. The molecule has 2 rings (SSSR count). The van der Waals surface area contributed by atoms with E-state index < -0.39 is 0 Å². The highest BCUT2D eigenvalue weighted by atomic mass is 79.9. The van der Waals surface area contributed by atoms with Crippen LogP contribution in [0.1, 0.15) is 19.3 Å². The lowest BCUT2D eigenvalue weighted by atomic mass is 9.70. The van der Waals surface area contributed by atoms with Crippen LogP contribution in [0.5, 0.6) is 0 Å². The van der Waals surface area contributed by atoms with E-state index in [2.05, 4.69) is 21.0 Å². The molecule has 0 aromatic carbocycles. The van der Waals surface area contributed by atoms with Crippen molar-refractivity contribution in [1.82, 2.24) is 14.3 Å². The lowest BCUT2D eigenvalue weighted by Gasteiger charge is -2.39. The predicted molar refractivity (Wildman–Crippen MR) is 57.5 cm³/mol. The molecule has 0 unspecified atom stereocenters. The highest BCUT2D eigenvalue weighted by molar-refractivity contribution is 9.09. The summed E-state index contributed by atoms with van der Waals surface area (Å²) in [6, 6.07) is 0. The summed E-state index contributed by atoms with van der Waals surface area (Å²) in [5.74, 6) is 0. The minimum Gasteiger partial charge on any atom is -0.285 e. The lowest BCUT2D eigenvalue weighted by Crippen LogP contribution is -2.39. The van der Waals surface area contributed by atoms with Crippen LogP contribution >= 0.6 is 15.9 Å². The van der Waals surface area contributed by atoms with Gasteiger partial charge in [0.2, 0.25) is 0 Å². The van der Waals surface area contributed by atoms with Gasteiger partial charge in [-0.2, -0.15) is 5.10 Å². The van der Waals surface area contributed by atoms with Crippen molar-refractivity contribution in [2.24, 2.45) is 12.5 Å². The third-order valence-electron chi connectivity index (χ3n) is 3.07. The minimum absolute atomic E-state index is 0.0165. The van der Waals surface area contributed by atoms with E-state index in [1.807, 2.05) is 0 Å². The van der Waals surface area contributed by atoms with Crippen LogP contribution in [-0.4, -0.2) is 19.7 Å². The largest absolute Gasteiger partial charge is 0.345 e. The molecule has 0 atom stereocenters. The normalized spacial score (nSPS) is 19.3. The zero-order valence-electron chi connectivity index (χ0n) is 8.24. The van der Waals surface area contributed by atoms with Gasteiger partial charge < -0.3 is 0 Å². The monoisotopic (exact) mass is 259 g/mol. The highest BCUT2D eigenvalue weighted by Crippen LogP contribution is 2.43. The molecule has 4 nitrogen and oxygen atoms in total. The van der Waals surface area contributed by atoms with Gasteiger partial charge in [-0.25, -0.2) is 9.48 Å². The molecule has 0 N–H and O–H groups in total. The quantitative estimate of drug-likeness (QED) is 0.765. The Morgan fingerprint density at radius 2 is 2.36 bits per heavy atom. The van der Waals surface area contributed by atoms with Gasteiger partial charge in [0.25, 0.3) is 0 Å². The smallest absolute Gasteiger partial charge is 0.285 e. The van der Waals surface area contributed by atoms with Crippen LogP contribution in [0.4, 0.5) is 0 Å². The fraction of sp³-hybridized carbons (Fsp3) is 0.778. The first-order chi connectivity index (χ1) is 6.67. The maximum atomic E-state index is 11.6. The van der Waals surface area contributed by atoms with Crippen LogP contribution in [0.3, 0.4) is 0 Å². The van der Waals surface area contributed by atoms with Gasteiger partial charge >= 0.3 is 5.69 Å². The number of hydrogen-bond acceptors (Lipinski definition) is 2. The Hall–Kier alpha value is -0.580. The van der Waals surface area contributed by atoms with Crippen LogP contribution in [-0.2, 0) is 13.6 Å². The molecule has 1 fully saturated rings. The van der Waals surface area contributed by atoms with E-state index in [1.54, 1.807) is 18.1 Å². The molecule has 0 saturated heterocycles. The van der Waals surface area contributed by atoms with E-state index in [0.717, 1.165) is 11.9 Å². The average molecular weight is 260 g/mol. The second-order valence-corrected chi connectivity index (χ2v) is 4.73. The van der Waals surface area contributed by atoms with Gasteiger partial charge in [-0.05, 0) is 18.3 Å². The van der Waals surface area contributed by atoms with Crippen molar-refractivity contribution in [2.75, 3.05) is 5.33 Å². The van der Waals surface area contributed by atoms with Crippen molar-refractivity contribution in [3.63, 3.8) is 0 Å². The summed E-state index contributed by atoms with van der Waals surface area (Å²) >= 11 is 3.52. The Morgan fingerprint density at radius 1 is 1.64 bits per heavy atom. The Kier molecular flexibility index (Phi) is 2.51. The number of rotatable bonds is 3. The molecule has 78 valence electrons. The fourth-order valence-corrected chi connectivity index (χ4v) is 2.60. The summed E-state index contributed by atoms with van der Waals surface area (Å²) in [5.41, 5.74) is 0.260. The van der Waals surface area contributed by atoms with Crippen molar-refractivity contribution in [3.05, 3.63) is 16.8 Å². The van der Waals surface area contributed by atoms with E-state index in [-0.39, 0.29) is 11.1 Å². The van der Waals surface area contributed by atoms with Gasteiger partial charge in [0.1, 0.15) is 6.33 Å². The molecule has 0 radical (unpaired) electrons. The summed E-state index contributed by atoms with van der Waals surface area (Å²) in [4.78, 5) is 11.6. The zero-order valence-corrected chi connectivity index (χ0v) is 9.83. The number of aromatic nitrogens is 3. The zero-order chi connectivity index (χ0) is 10.2. The first-order valence-electron chi connectivity index (χ1n) is 4.81. The fourth-order valence-electron chi connectivity index (χ4n) is 1.86. The van der Waals surface area contributed by atoms with Gasteiger partial charge in [-0.15, -0.1) is 0 Å². The Morgan fingerprint density at radius 3 is 2.71 bits per heavy atom. The van der Waals surface area contributed by atoms with Gasteiger partial charge in [-0.1, -0.05) is 22.4 Å². The van der Waals surface area contributed by atoms with Crippen LogP contribution in [0.2, 0.25) is 0 Å². The molecule has 1 saturated carbocycles. The molecular formula is C9H14BrN3O. The summed E-state index contributed by atoms with van der Waals surface area (Å²) in [7, 11) is 1.73. The van der Waals surface area contributed by atoms with E-state index >= 15 is 0 Å². The molecule has 1 aromatic rings. The number of alkyl halides is 1. The number of aryl methyl sites for hydroxylation is 1. The molecule has 1 heterocycles. The maximum absolute atomic E-state index is 11.6. The lowest BCUT2D eigenvalue weighted by molar-refractivity contribution is 0.131. The molecule has 1 aliphatic carbocycles. The number of halogens is 1. The molecule has 1 aromatic heterocycles. The van der Waals surface area contributed by atoms with Crippen molar-refractivity contribution in [2.45, 2.75) is 25.8 Å². The second-order valence-electron chi connectivity index (χ2n) is 4.17. The van der Waals surface area contributed by atoms with Crippen LogP contribution < -0.4 is 5.69 Å². The van der Waals surface area contributed by atoms with E-state index in [9.17, 15) is 4.79 Å². The molecule has 1 aliphatic rings. The molecule has 0 aliphatic heterocycles. The average Bonchev–Trinajstić information content (AvgIpc) is 2.42. The standard InChI is InChI=1S/C9H14BrN3O/c1-12-7-11-13(8(12)14)6-9(5-10)3-2-4-9/h7H,2-6H2,1H3. The van der Waals surface area contributed by atoms with Gasteiger partial charge in [0.15, 0.2) is 0 Å². The van der Waals surface area contributed by atoms with E-state index in [4.69, 9.17) is 0 Å². The summed E-state index contributed by atoms with van der Waals surface area (Å²) in [5, 5.41) is 5.04. The third-order valence-corrected chi connectivity index (χ3v) is 4.26. The minimum atomic E-state index is -0.0165. The molecule has 0 amide bonds. The maximum Gasteiger partial charge on any atom is 0.345 e. The first kappa shape index (κ1) is 9.96. The Bertz CT molecular complexity index is 372. The van der Waals surface area contributed by atoms with Crippen molar-refractivity contribution >= 4 is 15.9 Å². The van der Waals surface area contributed by atoms with Gasteiger partial charge in [0.05, 0.1) is 6.54 Å². The number of hydrogen-bond donors (Lipinski definition) is 0. The van der Waals surface area contributed by atoms with E-state index in [1.165, 1.54) is 23.8 Å². The van der Waals surface area contributed by atoms with Gasteiger partial charge in [-0.3, -0.25) is 4.57 Å². The SMILES string of the molecule is Cn1cnn(CC2(CBr)CCC2)c1=O. The summed E-state index contributed by atoms with van der Waals surface area (Å²) in [6.07, 6.45) is 5.23. The second kappa shape index (κ2) is 3.53. The highest BCUT2D eigenvalue weighted by Gasteiger charge is 2.37. The molecular weight excluding hydrogens is 246 g/mol. The predicted octanol–water partition coefficient (Wildman–Crippen LogP) is 1.15. The third kappa shape index (κ3) is 1.54. The van der Waals surface area contributed by atoms with Crippen molar-refractivity contribution in [1.29, 1.82) is 0 Å². The number of nitrogens with zero attached hydrogens (tertiary/aromatic N) is 3. The van der Waals surface area contributed by atoms with Crippen LogP contribution in [0.15, 0.2) is 11.1 Å². The van der Waals surface area contributed by atoms with Gasteiger partial charge in [0, 0.05) is 12.4 Å². The van der Waals surface area contributed by atoms with Crippen LogP contribution in [0, 0.1) is 5.41 Å². The Labute approximate surface area is 91.0 Å². The van der Waals surface area contributed by atoms with Crippen molar-refractivity contribution < 1.29 is 0 Å². The molecule has 5 heteroatoms. The van der Waals surface area contributed by atoms with E-state index in [0.29, 0.717) is 0 Å². The topological polar surface area (TPSA) is 39.8 Å². The van der Waals surface area contributed by atoms with Crippen LogP contribution in [0.25, 0.3) is 0 Å². The first-order valence-corrected chi connectivity index (χ1v) is 5.93. The molecule has 14 heavy (non-hydrogen) atoms.